The molecular weight excluding hydrogens is 250 g/mol. The van der Waals surface area contributed by atoms with Crippen molar-refractivity contribution in [1.29, 1.82) is 0 Å². The van der Waals surface area contributed by atoms with Crippen molar-refractivity contribution < 1.29 is 24.2 Å². The fraction of sp³-hybridized carbons (Fsp3) is 0.231. The number of carbonyl (C=O) groups excluding carboxylic acids is 1. The summed E-state index contributed by atoms with van der Waals surface area (Å²) in [6.45, 7) is 0. The summed E-state index contributed by atoms with van der Waals surface area (Å²) in [5, 5.41) is 11.1. The van der Waals surface area contributed by atoms with Crippen LogP contribution in [0.4, 0.5) is 4.79 Å². The lowest BCUT2D eigenvalue weighted by Crippen LogP contribution is -2.39. The van der Waals surface area contributed by atoms with Crippen LogP contribution in [0.15, 0.2) is 30.3 Å². The molecule has 0 saturated carbocycles. The van der Waals surface area contributed by atoms with Crippen LogP contribution in [0.3, 0.4) is 0 Å². The Bertz CT molecular complexity index is 466. The molecule has 0 aliphatic rings. The van der Waals surface area contributed by atoms with Gasteiger partial charge in [0.25, 0.3) is 0 Å². The van der Waals surface area contributed by atoms with Crippen molar-refractivity contribution in [1.82, 2.24) is 5.32 Å². The van der Waals surface area contributed by atoms with E-state index >= 15 is 0 Å². The summed E-state index contributed by atoms with van der Waals surface area (Å²) in [6, 6.07) is 5.90. The first-order chi connectivity index (χ1) is 9.06. The molecule has 0 spiro atoms. The van der Waals surface area contributed by atoms with E-state index in [1.54, 1.807) is 37.5 Å². The lowest BCUT2D eigenvalue weighted by Gasteiger charge is -2.09. The van der Waals surface area contributed by atoms with Gasteiger partial charge >= 0.3 is 12.1 Å². The molecule has 2 N–H and O–H groups in total. The summed E-state index contributed by atoms with van der Waals surface area (Å²) < 4.78 is 9.36. The molecule has 0 fully saturated rings. The third-order valence-corrected chi connectivity index (χ3v) is 2.32. The van der Waals surface area contributed by atoms with Gasteiger partial charge in [-0.05, 0) is 17.7 Å². The second-order valence-corrected chi connectivity index (χ2v) is 3.58. The van der Waals surface area contributed by atoms with Gasteiger partial charge in [0.2, 0.25) is 0 Å². The summed E-state index contributed by atoms with van der Waals surface area (Å²) in [4.78, 5) is 21.9. The second-order valence-electron chi connectivity index (χ2n) is 3.58. The average Bonchev–Trinajstić information content (AvgIpc) is 2.43. The van der Waals surface area contributed by atoms with Crippen molar-refractivity contribution in [2.45, 2.75) is 6.04 Å². The van der Waals surface area contributed by atoms with Crippen LogP contribution in [0.5, 0.6) is 5.75 Å². The Morgan fingerprint density at radius 3 is 2.37 bits per heavy atom. The Kier molecular flexibility index (Phi) is 5.40. The third-order valence-electron chi connectivity index (χ3n) is 2.32. The topological polar surface area (TPSA) is 84.9 Å². The number of nitrogens with one attached hydrogen (secondary N) is 1. The molecule has 1 rings (SSSR count). The number of carboxylic acid groups (broad SMARTS) is 1. The van der Waals surface area contributed by atoms with Gasteiger partial charge in [0.15, 0.2) is 0 Å². The molecule has 19 heavy (non-hydrogen) atoms. The molecule has 102 valence electrons. The summed E-state index contributed by atoms with van der Waals surface area (Å²) in [5.41, 5.74) is 0.790. The first-order valence-corrected chi connectivity index (χ1v) is 5.46. The molecule has 1 unspecified atom stereocenters. The van der Waals surface area contributed by atoms with Crippen LogP contribution in [-0.2, 0) is 9.53 Å². The quantitative estimate of drug-likeness (QED) is 0.843. The van der Waals surface area contributed by atoms with Gasteiger partial charge < -0.3 is 19.9 Å². The fourth-order valence-electron chi connectivity index (χ4n) is 1.30. The molecule has 1 aromatic rings. The van der Waals surface area contributed by atoms with Gasteiger partial charge in [0.1, 0.15) is 11.8 Å². The molecule has 0 aliphatic carbocycles. The van der Waals surface area contributed by atoms with Gasteiger partial charge in [-0.25, -0.2) is 9.59 Å². The van der Waals surface area contributed by atoms with Crippen LogP contribution in [0, 0.1) is 0 Å². The molecule has 1 atom stereocenters. The van der Waals surface area contributed by atoms with Gasteiger partial charge in [-0.3, -0.25) is 0 Å². The highest BCUT2D eigenvalue weighted by Gasteiger charge is 2.16. The van der Waals surface area contributed by atoms with E-state index in [1.807, 2.05) is 0 Å². The molecule has 0 heterocycles. The van der Waals surface area contributed by atoms with Crippen molar-refractivity contribution in [2.24, 2.45) is 0 Å². The lowest BCUT2D eigenvalue weighted by molar-refractivity contribution is -0.138. The largest absolute Gasteiger partial charge is 0.497 e. The van der Waals surface area contributed by atoms with E-state index in [0.29, 0.717) is 5.75 Å². The van der Waals surface area contributed by atoms with Crippen LogP contribution in [0.25, 0.3) is 6.08 Å². The molecule has 1 aromatic carbocycles. The van der Waals surface area contributed by atoms with Gasteiger partial charge in [0, 0.05) is 0 Å². The van der Waals surface area contributed by atoms with E-state index in [9.17, 15) is 9.59 Å². The van der Waals surface area contributed by atoms with E-state index in [-0.39, 0.29) is 0 Å². The minimum Gasteiger partial charge on any atom is -0.497 e. The van der Waals surface area contributed by atoms with E-state index in [2.05, 4.69) is 10.1 Å². The Hall–Kier alpha value is -2.50. The Morgan fingerprint density at radius 1 is 1.26 bits per heavy atom. The number of aliphatic carboxylic acids is 1. The maximum absolute atomic E-state index is 11.0. The highest BCUT2D eigenvalue weighted by atomic mass is 16.5. The third kappa shape index (κ3) is 4.71. The summed E-state index contributed by atoms with van der Waals surface area (Å²) >= 11 is 0. The van der Waals surface area contributed by atoms with E-state index < -0.39 is 18.1 Å². The molecular formula is C13H15NO5. The maximum atomic E-state index is 11.0. The molecule has 0 saturated heterocycles. The highest BCUT2D eigenvalue weighted by molar-refractivity contribution is 5.82. The Labute approximate surface area is 110 Å². The summed E-state index contributed by atoms with van der Waals surface area (Å²) in [7, 11) is 2.73. The minimum absolute atomic E-state index is 0.708. The van der Waals surface area contributed by atoms with E-state index in [4.69, 9.17) is 9.84 Å². The standard InChI is InChI=1S/C13H15NO5/c1-18-10-6-3-9(4-7-10)5-8-11(12(15)16)14-13(17)19-2/h3-8,11H,1-2H3,(H,14,17)(H,15,16)/b8-5+. The zero-order valence-electron chi connectivity index (χ0n) is 10.6. The predicted octanol–water partition coefficient (Wildman–Crippen LogP) is 1.52. The predicted molar refractivity (Wildman–Crippen MR) is 69.0 cm³/mol. The molecule has 0 bridgehead atoms. The first kappa shape index (κ1) is 14.6. The van der Waals surface area contributed by atoms with Crippen LogP contribution < -0.4 is 10.1 Å². The number of alkyl carbamates (subject to hydrolysis) is 1. The number of methoxy groups -OCH3 is 2. The van der Waals surface area contributed by atoms with Gasteiger partial charge in [0.05, 0.1) is 14.2 Å². The van der Waals surface area contributed by atoms with E-state index in [0.717, 1.165) is 5.56 Å². The summed E-state index contributed by atoms with van der Waals surface area (Å²) in [6.07, 6.45) is 2.15. The Balaban J connectivity index is 2.74. The number of hydrogen-bond donors (Lipinski definition) is 2. The summed E-state index contributed by atoms with van der Waals surface area (Å²) in [5.74, 6) is -0.463. The smallest absolute Gasteiger partial charge is 0.407 e. The van der Waals surface area contributed by atoms with Crippen molar-refractivity contribution in [2.75, 3.05) is 14.2 Å². The molecule has 0 aromatic heterocycles. The Morgan fingerprint density at radius 2 is 1.89 bits per heavy atom. The first-order valence-electron chi connectivity index (χ1n) is 5.46. The zero-order valence-corrected chi connectivity index (χ0v) is 10.6. The lowest BCUT2D eigenvalue weighted by atomic mass is 10.1. The van der Waals surface area contributed by atoms with Crippen LogP contribution in [0.2, 0.25) is 0 Å². The van der Waals surface area contributed by atoms with Gasteiger partial charge in [-0.1, -0.05) is 24.3 Å². The fourth-order valence-corrected chi connectivity index (χ4v) is 1.30. The van der Waals surface area contributed by atoms with Crippen LogP contribution >= 0.6 is 0 Å². The number of carboxylic acids is 1. The van der Waals surface area contributed by atoms with E-state index in [1.165, 1.54) is 13.2 Å². The van der Waals surface area contributed by atoms with Crippen LogP contribution in [0.1, 0.15) is 5.56 Å². The number of amides is 1. The molecule has 0 radical (unpaired) electrons. The van der Waals surface area contributed by atoms with Crippen molar-refractivity contribution in [3.05, 3.63) is 35.9 Å². The molecule has 6 heteroatoms. The minimum atomic E-state index is -1.17. The average molecular weight is 265 g/mol. The van der Waals surface area contributed by atoms with Crippen LogP contribution in [-0.4, -0.2) is 37.4 Å². The normalized spacial score (nSPS) is 11.9. The zero-order chi connectivity index (χ0) is 14.3. The molecule has 1 amide bonds. The highest BCUT2D eigenvalue weighted by Crippen LogP contribution is 2.12. The number of hydrogen-bond acceptors (Lipinski definition) is 4. The van der Waals surface area contributed by atoms with Crippen molar-refractivity contribution >= 4 is 18.1 Å². The number of benzene rings is 1. The number of carbonyl (C=O) groups is 2. The van der Waals surface area contributed by atoms with Crippen molar-refractivity contribution in [3.8, 4) is 5.75 Å². The second kappa shape index (κ2) is 7.05. The molecule has 0 aliphatic heterocycles. The molecule has 6 nitrogen and oxygen atoms in total. The van der Waals surface area contributed by atoms with Gasteiger partial charge in [-0.2, -0.15) is 0 Å². The maximum Gasteiger partial charge on any atom is 0.407 e. The SMILES string of the molecule is COC(=O)NC(/C=C/c1ccc(OC)cc1)C(=O)O. The monoisotopic (exact) mass is 265 g/mol. The van der Waals surface area contributed by atoms with Crippen molar-refractivity contribution in [3.63, 3.8) is 0 Å². The number of rotatable bonds is 5. The van der Waals surface area contributed by atoms with Gasteiger partial charge in [-0.15, -0.1) is 0 Å². The number of ether oxygens (including phenoxy) is 2.